The summed E-state index contributed by atoms with van der Waals surface area (Å²) in [6.45, 7) is 1.00. The molecule has 0 atom stereocenters. The molecule has 5 nitrogen and oxygen atoms in total. The minimum atomic E-state index is -0.391. The topological polar surface area (TPSA) is 59.0 Å². The Kier molecular flexibility index (Phi) is 5.37. The van der Waals surface area contributed by atoms with Gasteiger partial charge in [-0.3, -0.25) is 4.79 Å². The lowest BCUT2D eigenvalue weighted by atomic mass is 10.1. The Morgan fingerprint density at radius 3 is 2.54 bits per heavy atom. The van der Waals surface area contributed by atoms with Gasteiger partial charge in [0.05, 0.1) is 11.8 Å². The second-order valence-electron chi connectivity index (χ2n) is 7.19. The second-order valence-corrected chi connectivity index (χ2v) is 7.19. The highest BCUT2D eigenvalue weighted by molar-refractivity contribution is 6.04. The summed E-state index contributed by atoms with van der Waals surface area (Å²) >= 11 is 0. The number of rotatable bonds is 6. The Labute approximate surface area is 163 Å². The van der Waals surface area contributed by atoms with Crippen molar-refractivity contribution >= 4 is 17.3 Å². The third-order valence-electron chi connectivity index (χ3n) is 5.16. The van der Waals surface area contributed by atoms with Gasteiger partial charge in [-0.2, -0.15) is 5.10 Å². The molecule has 4 rings (SSSR count). The molecule has 1 aliphatic rings. The van der Waals surface area contributed by atoms with Crippen LogP contribution in [-0.2, 0) is 0 Å². The van der Waals surface area contributed by atoms with E-state index in [1.165, 1.54) is 48.8 Å². The van der Waals surface area contributed by atoms with Crippen molar-refractivity contribution < 1.29 is 9.18 Å². The van der Waals surface area contributed by atoms with Crippen LogP contribution >= 0.6 is 0 Å². The Hall–Kier alpha value is -3.15. The molecule has 0 unspecified atom stereocenters. The molecule has 1 aliphatic carbocycles. The van der Waals surface area contributed by atoms with E-state index in [0.717, 1.165) is 18.2 Å². The van der Waals surface area contributed by atoms with Crippen molar-refractivity contribution in [3.8, 4) is 5.69 Å². The average molecular weight is 378 g/mol. The third-order valence-corrected chi connectivity index (χ3v) is 5.16. The van der Waals surface area contributed by atoms with Crippen LogP contribution in [0.4, 0.5) is 15.8 Å². The monoisotopic (exact) mass is 378 g/mol. The van der Waals surface area contributed by atoms with E-state index in [1.807, 2.05) is 24.3 Å². The molecule has 0 spiro atoms. The van der Waals surface area contributed by atoms with Crippen molar-refractivity contribution in [2.45, 2.75) is 25.7 Å². The van der Waals surface area contributed by atoms with Gasteiger partial charge in [0, 0.05) is 24.1 Å². The van der Waals surface area contributed by atoms with Crippen LogP contribution < -0.4 is 10.6 Å². The van der Waals surface area contributed by atoms with Gasteiger partial charge < -0.3 is 10.6 Å². The van der Waals surface area contributed by atoms with E-state index in [-0.39, 0.29) is 5.91 Å². The van der Waals surface area contributed by atoms with Gasteiger partial charge in [0.2, 0.25) is 0 Å². The Bertz CT molecular complexity index is 945. The number of hydrogen-bond acceptors (Lipinski definition) is 3. The maximum atomic E-state index is 13.9. The maximum Gasteiger partial charge on any atom is 0.258 e. The first-order valence-electron chi connectivity index (χ1n) is 9.64. The minimum absolute atomic E-state index is 0.283. The second kappa shape index (κ2) is 8.25. The lowest BCUT2D eigenvalue weighted by Crippen LogP contribution is -2.12. The number of aromatic nitrogens is 2. The zero-order valence-corrected chi connectivity index (χ0v) is 15.6. The number of carbonyl (C=O) groups excluding carboxylic acids is 1. The van der Waals surface area contributed by atoms with Crippen molar-refractivity contribution in [3.63, 3.8) is 0 Å². The van der Waals surface area contributed by atoms with Crippen LogP contribution in [0.1, 0.15) is 36.0 Å². The number of halogens is 1. The highest BCUT2D eigenvalue weighted by Crippen LogP contribution is 2.25. The summed E-state index contributed by atoms with van der Waals surface area (Å²) in [6.07, 6.45) is 8.24. The number of hydrogen-bond donors (Lipinski definition) is 2. The van der Waals surface area contributed by atoms with Crippen LogP contribution in [0.25, 0.3) is 5.69 Å². The zero-order valence-electron chi connectivity index (χ0n) is 15.6. The molecule has 6 heteroatoms. The molecule has 2 aromatic carbocycles. The summed E-state index contributed by atoms with van der Waals surface area (Å²) in [6, 6.07) is 14.0. The predicted octanol–water partition coefficient (Wildman–Crippen LogP) is 4.87. The first kappa shape index (κ1) is 18.2. The van der Waals surface area contributed by atoms with E-state index in [9.17, 15) is 9.18 Å². The number of carbonyl (C=O) groups is 1. The van der Waals surface area contributed by atoms with E-state index in [2.05, 4.69) is 15.7 Å². The summed E-state index contributed by atoms with van der Waals surface area (Å²) < 4.78 is 15.2. The molecule has 1 saturated carbocycles. The molecule has 1 heterocycles. The fraction of sp³-hybridized carbons (Fsp3) is 0.273. The number of nitrogens with zero attached hydrogens (tertiary/aromatic N) is 2. The smallest absolute Gasteiger partial charge is 0.258 e. The van der Waals surface area contributed by atoms with E-state index in [0.29, 0.717) is 16.9 Å². The molecule has 1 amide bonds. The fourth-order valence-corrected chi connectivity index (χ4v) is 3.56. The number of nitrogens with one attached hydrogen (secondary N) is 2. The molecule has 3 aromatic rings. The molecule has 0 radical (unpaired) electrons. The van der Waals surface area contributed by atoms with Crippen LogP contribution in [0.2, 0.25) is 0 Å². The van der Waals surface area contributed by atoms with Crippen molar-refractivity contribution in [2.24, 2.45) is 5.92 Å². The first-order chi connectivity index (χ1) is 13.7. The summed E-state index contributed by atoms with van der Waals surface area (Å²) in [5.74, 6) is 0.0953. The normalized spacial score (nSPS) is 14.2. The van der Waals surface area contributed by atoms with E-state index >= 15 is 0 Å². The van der Waals surface area contributed by atoms with Crippen LogP contribution in [0.5, 0.6) is 0 Å². The van der Waals surface area contributed by atoms with E-state index in [4.69, 9.17) is 0 Å². The Balaban J connectivity index is 1.36. The Morgan fingerprint density at radius 2 is 1.79 bits per heavy atom. The van der Waals surface area contributed by atoms with Crippen molar-refractivity contribution in [1.82, 2.24) is 9.78 Å². The fourth-order valence-electron chi connectivity index (χ4n) is 3.56. The zero-order chi connectivity index (χ0) is 19.3. The van der Waals surface area contributed by atoms with Crippen LogP contribution in [-0.4, -0.2) is 22.2 Å². The van der Waals surface area contributed by atoms with Gasteiger partial charge in [0.25, 0.3) is 5.91 Å². The molecule has 0 bridgehead atoms. The minimum Gasteiger partial charge on any atom is -0.385 e. The van der Waals surface area contributed by atoms with Gasteiger partial charge in [0.15, 0.2) is 0 Å². The number of anilines is 2. The summed E-state index contributed by atoms with van der Waals surface area (Å²) in [4.78, 5) is 12.5. The van der Waals surface area contributed by atoms with Gasteiger partial charge in [-0.1, -0.05) is 25.0 Å². The molecule has 0 aliphatic heterocycles. The van der Waals surface area contributed by atoms with Crippen molar-refractivity contribution in [3.05, 3.63) is 72.3 Å². The highest BCUT2D eigenvalue weighted by Gasteiger charge is 2.14. The predicted molar refractivity (Wildman–Crippen MR) is 108 cm³/mol. The SMILES string of the molecule is O=C(Nc1ccc(NCC2CCCC2)cc1)c1cnn(-c2ccccc2F)c1. The number of benzene rings is 2. The van der Waals surface area contributed by atoms with Gasteiger partial charge in [0.1, 0.15) is 11.5 Å². The van der Waals surface area contributed by atoms with Gasteiger partial charge in [-0.05, 0) is 55.2 Å². The number of para-hydroxylation sites is 1. The summed E-state index contributed by atoms with van der Waals surface area (Å²) in [5.41, 5.74) is 2.43. The molecular formula is C22H23FN4O. The molecule has 0 saturated heterocycles. The standard InChI is InChI=1S/C22H23FN4O/c23-20-7-3-4-8-21(20)27-15-17(14-25-27)22(28)26-19-11-9-18(10-12-19)24-13-16-5-1-2-6-16/h3-4,7-12,14-16,24H,1-2,5-6,13H2,(H,26,28). The van der Waals surface area contributed by atoms with Crippen molar-refractivity contribution in [1.29, 1.82) is 0 Å². The summed E-state index contributed by atoms with van der Waals surface area (Å²) in [5, 5.41) is 10.4. The van der Waals surface area contributed by atoms with Crippen LogP contribution in [0.15, 0.2) is 60.9 Å². The molecule has 1 aromatic heterocycles. The van der Waals surface area contributed by atoms with Gasteiger partial charge >= 0.3 is 0 Å². The first-order valence-corrected chi connectivity index (χ1v) is 9.64. The van der Waals surface area contributed by atoms with Crippen LogP contribution in [0.3, 0.4) is 0 Å². The van der Waals surface area contributed by atoms with E-state index < -0.39 is 5.82 Å². The molecule has 28 heavy (non-hydrogen) atoms. The largest absolute Gasteiger partial charge is 0.385 e. The quantitative estimate of drug-likeness (QED) is 0.644. The third kappa shape index (κ3) is 4.22. The van der Waals surface area contributed by atoms with Crippen molar-refractivity contribution in [2.75, 3.05) is 17.2 Å². The summed E-state index contributed by atoms with van der Waals surface area (Å²) in [7, 11) is 0. The molecule has 2 N–H and O–H groups in total. The molecular weight excluding hydrogens is 355 g/mol. The molecule has 144 valence electrons. The molecule has 1 fully saturated rings. The maximum absolute atomic E-state index is 13.9. The van der Waals surface area contributed by atoms with Gasteiger partial charge in [-0.25, -0.2) is 9.07 Å². The van der Waals surface area contributed by atoms with Gasteiger partial charge in [-0.15, -0.1) is 0 Å². The van der Waals surface area contributed by atoms with E-state index in [1.54, 1.807) is 18.2 Å². The lowest BCUT2D eigenvalue weighted by Gasteiger charge is -2.12. The number of amides is 1. The average Bonchev–Trinajstić information content (AvgIpc) is 3.40. The Morgan fingerprint density at radius 1 is 1.07 bits per heavy atom. The highest BCUT2D eigenvalue weighted by atomic mass is 19.1. The van der Waals surface area contributed by atoms with Crippen LogP contribution in [0, 0.1) is 11.7 Å². The lowest BCUT2D eigenvalue weighted by molar-refractivity contribution is 0.102.